The molecule has 5 nitrogen and oxygen atoms in total. The third-order valence-electron chi connectivity index (χ3n) is 6.49. The zero-order chi connectivity index (χ0) is 22.9. The highest BCUT2D eigenvalue weighted by molar-refractivity contribution is 6.44. The first-order valence-corrected chi connectivity index (χ1v) is 11.7. The first kappa shape index (κ1) is 21.3. The Labute approximate surface area is 195 Å². The summed E-state index contributed by atoms with van der Waals surface area (Å²) in [6.45, 7) is 7.97. The number of benzene rings is 3. The van der Waals surface area contributed by atoms with E-state index in [4.69, 9.17) is 5.10 Å². The summed E-state index contributed by atoms with van der Waals surface area (Å²) in [6, 6.07) is 25.4. The molecule has 2 heterocycles. The average molecular weight is 439 g/mol. The lowest BCUT2D eigenvalue weighted by atomic mass is 10.1. The van der Waals surface area contributed by atoms with Gasteiger partial charge >= 0.3 is 0 Å². The van der Waals surface area contributed by atoms with E-state index in [-0.39, 0.29) is 11.9 Å². The number of amidine groups is 1. The van der Waals surface area contributed by atoms with Gasteiger partial charge in [0.05, 0.1) is 5.69 Å². The number of hydrogen-bond donors (Lipinski definition) is 0. The fourth-order valence-corrected chi connectivity index (χ4v) is 4.66. The van der Waals surface area contributed by atoms with Crippen LogP contribution in [0, 0.1) is 13.8 Å². The molecule has 0 aliphatic carbocycles. The maximum atomic E-state index is 12.8. The first-order chi connectivity index (χ1) is 16.0. The second-order valence-corrected chi connectivity index (χ2v) is 9.02. The number of carbonyl (C=O) groups excluding carboxylic acids is 1. The summed E-state index contributed by atoms with van der Waals surface area (Å²) >= 11 is 0. The van der Waals surface area contributed by atoms with Crippen molar-refractivity contribution >= 4 is 28.7 Å². The van der Waals surface area contributed by atoms with E-state index in [9.17, 15) is 4.79 Å². The molecule has 2 aliphatic heterocycles. The van der Waals surface area contributed by atoms with Crippen LogP contribution in [0.5, 0.6) is 0 Å². The van der Waals surface area contributed by atoms with Gasteiger partial charge in [-0.15, -0.1) is 5.10 Å². The smallest absolute Gasteiger partial charge is 0.198 e. The molecular weight excluding hydrogens is 408 g/mol. The van der Waals surface area contributed by atoms with Gasteiger partial charge in [0, 0.05) is 31.4 Å². The van der Waals surface area contributed by atoms with E-state index in [1.165, 1.54) is 29.7 Å². The largest absolute Gasteiger partial charge is 0.372 e. The molecule has 0 aromatic heterocycles. The molecule has 2 aliphatic rings. The molecule has 3 aromatic carbocycles. The third-order valence-corrected chi connectivity index (χ3v) is 6.49. The van der Waals surface area contributed by atoms with Crippen molar-refractivity contribution < 1.29 is 4.79 Å². The minimum atomic E-state index is -0.246. The molecule has 1 fully saturated rings. The maximum Gasteiger partial charge on any atom is 0.198 e. The summed E-state index contributed by atoms with van der Waals surface area (Å²) in [6.07, 6.45) is 2.25. The molecule has 0 saturated carbocycles. The van der Waals surface area contributed by atoms with E-state index in [0.717, 1.165) is 30.0 Å². The van der Waals surface area contributed by atoms with E-state index < -0.39 is 0 Å². The lowest BCUT2D eigenvalue weighted by molar-refractivity contribution is -0.111. The Morgan fingerprint density at radius 2 is 1.27 bits per heavy atom. The molecule has 168 valence electrons. The van der Waals surface area contributed by atoms with Gasteiger partial charge in [-0.05, 0) is 68.7 Å². The highest BCUT2D eigenvalue weighted by atomic mass is 16.1. The van der Waals surface area contributed by atoms with Crippen LogP contribution in [0.1, 0.15) is 42.6 Å². The second kappa shape index (κ2) is 8.74. The second-order valence-electron chi connectivity index (χ2n) is 9.02. The van der Waals surface area contributed by atoms with Crippen molar-refractivity contribution in [3.63, 3.8) is 0 Å². The molecular formula is C28H30N4O. The first-order valence-electron chi connectivity index (χ1n) is 11.7. The molecule has 5 rings (SSSR count). The fourth-order valence-electron chi connectivity index (χ4n) is 4.66. The molecule has 33 heavy (non-hydrogen) atoms. The summed E-state index contributed by atoms with van der Waals surface area (Å²) in [5, 5.41) is 6.81. The van der Waals surface area contributed by atoms with E-state index >= 15 is 0 Å². The van der Waals surface area contributed by atoms with Crippen LogP contribution >= 0.6 is 0 Å². The molecule has 0 N–H and O–H groups in total. The van der Waals surface area contributed by atoms with E-state index in [1.807, 2.05) is 5.01 Å². The quantitative estimate of drug-likeness (QED) is 0.502. The SMILES string of the molecule is CC(=O)C1=NN(c2ccc(C)cc2)[C@H](c2ccc(C)cc2)N1c1ccc(N2CCCC2)cc1. The Kier molecular flexibility index (Phi) is 5.63. The van der Waals surface area contributed by atoms with Crippen LogP contribution < -0.4 is 14.8 Å². The molecule has 0 amide bonds. The van der Waals surface area contributed by atoms with Gasteiger partial charge in [0.2, 0.25) is 0 Å². The van der Waals surface area contributed by atoms with Gasteiger partial charge in [-0.2, -0.15) is 0 Å². The number of aryl methyl sites for hydroxylation is 2. The predicted molar refractivity (Wildman–Crippen MR) is 136 cm³/mol. The molecule has 0 bridgehead atoms. The minimum Gasteiger partial charge on any atom is -0.372 e. The van der Waals surface area contributed by atoms with Crippen LogP contribution in [-0.4, -0.2) is 24.7 Å². The average Bonchev–Trinajstić information content (AvgIpc) is 3.49. The summed E-state index contributed by atoms with van der Waals surface area (Å²) in [5.74, 6) is 0.403. The highest BCUT2D eigenvalue weighted by Gasteiger charge is 2.39. The van der Waals surface area contributed by atoms with Crippen molar-refractivity contribution in [3.8, 4) is 0 Å². The van der Waals surface area contributed by atoms with Crippen molar-refractivity contribution in [2.45, 2.75) is 39.8 Å². The molecule has 1 saturated heterocycles. The number of carbonyl (C=O) groups is 1. The zero-order valence-corrected chi connectivity index (χ0v) is 19.5. The number of hydrogen-bond acceptors (Lipinski definition) is 5. The number of anilines is 3. The van der Waals surface area contributed by atoms with Crippen LogP contribution in [0.15, 0.2) is 77.9 Å². The van der Waals surface area contributed by atoms with Crippen LogP contribution in [-0.2, 0) is 4.79 Å². The van der Waals surface area contributed by atoms with Gasteiger partial charge in [-0.1, -0.05) is 47.5 Å². The Morgan fingerprint density at radius 1 is 0.758 bits per heavy atom. The van der Waals surface area contributed by atoms with Crippen molar-refractivity contribution in [1.82, 2.24) is 0 Å². The summed E-state index contributed by atoms with van der Waals surface area (Å²) in [5.41, 5.74) is 6.64. The van der Waals surface area contributed by atoms with Crippen LogP contribution in [0.25, 0.3) is 0 Å². The van der Waals surface area contributed by atoms with Crippen molar-refractivity contribution in [3.05, 3.63) is 89.5 Å². The Morgan fingerprint density at radius 3 is 1.85 bits per heavy atom. The van der Waals surface area contributed by atoms with Gasteiger partial charge in [0.25, 0.3) is 0 Å². The highest BCUT2D eigenvalue weighted by Crippen LogP contribution is 2.39. The Balaban J connectivity index is 1.59. The molecule has 5 heteroatoms. The summed E-state index contributed by atoms with van der Waals surface area (Å²) in [4.78, 5) is 17.3. The molecule has 0 spiro atoms. The van der Waals surface area contributed by atoms with Crippen molar-refractivity contribution in [2.75, 3.05) is 27.9 Å². The maximum absolute atomic E-state index is 12.8. The van der Waals surface area contributed by atoms with Gasteiger partial charge in [-0.3, -0.25) is 9.69 Å². The third kappa shape index (κ3) is 4.11. The van der Waals surface area contributed by atoms with Gasteiger partial charge < -0.3 is 4.90 Å². The molecule has 0 unspecified atom stereocenters. The predicted octanol–water partition coefficient (Wildman–Crippen LogP) is 5.83. The van der Waals surface area contributed by atoms with Crippen molar-refractivity contribution in [2.24, 2.45) is 5.10 Å². The number of nitrogens with zero attached hydrogens (tertiary/aromatic N) is 4. The minimum absolute atomic E-state index is 0.0506. The van der Waals surface area contributed by atoms with Gasteiger partial charge in [-0.25, -0.2) is 5.01 Å². The van der Waals surface area contributed by atoms with Crippen LogP contribution in [0.2, 0.25) is 0 Å². The normalized spacial score (nSPS) is 18.1. The van der Waals surface area contributed by atoms with E-state index in [1.54, 1.807) is 6.92 Å². The topological polar surface area (TPSA) is 39.2 Å². The number of Topliss-reactive ketones (excluding diaryl/α,β-unsaturated/α-hetero) is 1. The zero-order valence-electron chi connectivity index (χ0n) is 19.5. The monoisotopic (exact) mass is 438 g/mol. The fraction of sp³-hybridized carbons (Fsp3) is 0.286. The number of ketones is 1. The van der Waals surface area contributed by atoms with Crippen molar-refractivity contribution in [1.29, 1.82) is 0 Å². The Bertz CT molecular complexity index is 1160. The number of hydrazone groups is 1. The Hall–Kier alpha value is -3.60. The molecule has 0 radical (unpaired) electrons. The summed E-state index contributed by atoms with van der Waals surface area (Å²) in [7, 11) is 0. The van der Waals surface area contributed by atoms with Gasteiger partial charge in [0.1, 0.15) is 0 Å². The number of rotatable bonds is 5. The van der Waals surface area contributed by atoms with Crippen LogP contribution in [0.4, 0.5) is 17.1 Å². The van der Waals surface area contributed by atoms with E-state index in [0.29, 0.717) is 5.84 Å². The summed E-state index contributed by atoms with van der Waals surface area (Å²) < 4.78 is 0. The molecule has 3 aromatic rings. The lowest BCUT2D eigenvalue weighted by Crippen LogP contribution is -2.37. The van der Waals surface area contributed by atoms with Gasteiger partial charge in [0.15, 0.2) is 17.8 Å². The van der Waals surface area contributed by atoms with Crippen LogP contribution in [0.3, 0.4) is 0 Å². The standard InChI is InChI=1S/C28H30N4O/c1-20-6-10-23(11-7-20)28-31(25-16-14-24(15-17-25)30-18-4-5-19-30)27(22(3)33)29-32(28)26-12-8-21(2)9-13-26/h6-17,28H,4-5,18-19H2,1-3H3/t28-/m1/s1. The van der Waals surface area contributed by atoms with E-state index in [2.05, 4.69) is 96.4 Å². The molecule has 1 atom stereocenters. The lowest BCUT2D eigenvalue weighted by Gasteiger charge is -2.32.